The van der Waals surface area contributed by atoms with Crippen molar-refractivity contribution in [2.75, 3.05) is 6.26 Å². The molecule has 1 aliphatic rings. The number of nitrogens with one attached hydrogen (secondary N) is 1. The molecule has 1 N–H and O–H groups in total. The number of rotatable bonds is 2. The van der Waals surface area contributed by atoms with E-state index in [1.54, 1.807) is 0 Å². The van der Waals surface area contributed by atoms with Crippen LogP contribution in [-0.2, 0) is 10.0 Å². The summed E-state index contributed by atoms with van der Waals surface area (Å²) in [6, 6.07) is -0.154. The van der Waals surface area contributed by atoms with Gasteiger partial charge in [-0.3, -0.25) is 0 Å². The highest BCUT2D eigenvalue weighted by Gasteiger charge is 2.07. The van der Waals surface area contributed by atoms with E-state index in [1.807, 2.05) is 24.3 Å². The van der Waals surface area contributed by atoms with Crippen LogP contribution in [0.1, 0.15) is 6.42 Å². The topological polar surface area (TPSA) is 46.2 Å². The molecule has 62 valence electrons. The molecule has 0 unspecified atom stereocenters. The minimum atomic E-state index is -3.08. The maximum absolute atomic E-state index is 10.7. The van der Waals surface area contributed by atoms with Gasteiger partial charge in [0.1, 0.15) is 0 Å². The fourth-order valence-corrected chi connectivity index (χ4v) is 1.57. The van der Waals surface area contributed by atoms with E-state index in [1.165, 1.54) is 0 Å². The Kier molecular flexibility index (Phi) is 2.46. The first kappa shape index (κ1) is 8.49. The molecular formula is C7H11NO2S. The summed E-state index contributed by atoms with van der Waals surface area (Å²) in [5, 5.41) is 0. The van der Waals surface area contributed by atoms with Crippen LogP contribution in [0.4, 0.5) is 0 Å². The summed E-state index contributed by atoms with van der Waals surface area (Å²) in [5.74, 6) is 0. The first-order chi connectivity index (χ1) is 5.08. The second-order valence-electron chi connectivity index (χ2n) is 2.51. The van der Waals surface area contributed by atoms with Crippen molar-refractivity contribution in [2.45, 2.75) is 12.5 Å². The standard InChI is InChI=1S/C7H11NO2S/c1-11(9,10)8-7-5-3-2-4-6-7/h3-8H,2H2,1H3. The van der Waals surface area contributed by atoms with Crippen LogP contribution in [0, 0.1) is 0 Å². The summed E-state index contributed by atoms with van der Waals surface area (Å²) < 4.78 is 23.9. The number of hydrogen-bond donors (Lipinski definition) is 1. The van der Waals surface area contributed by atoms with Crippen LogP contribution >= 0.6 is 0 Å². The Morgan fingerprint density at radius 1 is 1.36 bits per heavy atom. The normalized spacial score (nSPS) is 19.0. The maximum Gasteiger partial charge on any atom is 0.209 e. The Hall–Kier alpha value is -0.610. The van der Waals surface area contributed by atoms with E-state index < -0.39 is 10.0 Å². The molecule has 0 saturated heterocycles. The van der Waals surface area contributed by atoms with Crippen molar-refractivity contribution in [1.82, 2.24) is 4.72 Å². The average Bonchev–Trinajstić information content (AvgIpc) is 1.85. The van der Waals surface area contributed by atoms with Gasteiger partial charge in [0, 0.05) is 0 Å². The lowest BCUT2D eigenvalue weighted by Crippen LogP contribution is -2.31. The molecule has 0 radical (unpaired) electrons. The summed E-state index contributed by atoms with van der Waals surface area (Å²) in [6.07, 6.45) is 9.58. The van der Waals surface area contributed by atoms with Crippen LogP contribution in [0.2, 0.25) is 0 Å². The largest absolute Gasteiger partial charge is 0.213 e. The average molecular weight is 173 g/mol. The molecule has 1 aliphatic carbocycles. The van der Waals surface area contributed by atoms with Gasteiger partial charge in [0.15, 0.2) is 0 Å². The summed E-state index contributed by atoms with van der Waals surface area (Å²) >= 11 is 0. The van der Waals surface area contributed by atoms with Crippen molar-refractivity contribution in [3.63, 3.8) is 0 Å². The zero-order chi connectivity index (χ0) is 8.32. The summed E-state index contributed by atoms with van der Waals surface area (Å²) in [6.45, 7) is 0. The lowest BCUT2D eigenvalue weighted by Gasteiger charge is -2.10. The molecule has 0 aliphatic heterocycles. The predicted molar refractivity (Wildman–Crippen MR) is 44.7 cm³/mol. The highest BCUT2D eigenvalue weighted by atomic mass is 32.2. The van der Waals surface area contributed by atoms with E-state index in [4.69, 9.17) is 0 Å². The van der Waals surface area contributed by atoms with Crippen LogP contribution in [-0.4, -0.2) is 20.7 Å². The van der Waals surface area contributed by atoms with Gasteiger partial charge in [0.25, 0.3) is 0 Å². The SMILES string of the molecule is CS(=O)(=O)NC1C=CCC=C1. The molecule has 4 heteroatoms. The Morgan fingerprint density at radius 3 is 2.36 bits per heavy atom. The zero-order valence-corrected chi connectivity index (χ0v) is 7.14. The number of hydrogen-bond acceptors (Lipinski definition) is 2. The second kappa shape index (κ2) is 3.19. The zero-order valence-electron chi connectivity index (χ0n) is 6.32. The van der Waals surface area contributed by atoms with Crippen LogP contribution in [0.25, 0.3) is 0 Å². The van der Waals surface area contributed by atoms with Crippen molar-refractivity contribution in [2.24, 2.45) is 0 Å². The molecule has 3 nitrogen and oxygen atoms in total. The van der Waals surface area contributed by atoms with Crippen molar-refractivity contribution in [3.8, 4) is 0 Å². The fraction of sp³-hybridized carbons (Fsp3) is 0.429. The molecule has 0 aromatic heterocycles. The Morgan fingerprint density at radius 2 is 1.91 bits per heavy atom. The quantitative estimate of drug-likeness (QED) is 0.615. The van der Waals surface area contributed by atoms with Gasteiger partial charge in [-0.1, -0.05) is 24.3 Å². The fourth-order valence-electron chi connectivity index (χ4n) is 0.919. The van der Waals surface area contributed by atoms with Crippen molar-refractivity contribution < 1.29 is 8.42 Å². The highest BCUT2D eigenvalue weighted by molar-refractivity contribution is 7.88. The van der Waals surface area contributed by atoms with E-state index >= 15 is 0 Å². The van der Waals surface area contributed by atoms with E-state index in [0.717, 1.165) is 12.7 Å². The van der Waals surface area contributed by atoms with Crippen molar-refractivity contribution >= 4 is 10.0 Å². The van der Waals surface area contributed by atoms with Crippen molar-refractivity contribution in [3.05, 3.63) is 24.3 Å². The predicted octanol–water partition coefficient (Wildman–Crippen LogP) is 0.420. The molecule has 11 heavy (non-hydrogen) atoms. The molecule has 0 aromatic carbocycles. The molecule has 0 bridgehead atoms. The van der Waals surface area contributed by atoms with E-state index in [2.05, 4.69) is 4.72 Å². The van der Waals surface area contributed by atoms with Crippen LogP contribution in [0.3, 0.4) is 0 Å². The summed E-state index contributed by atoms with van der Waals surface area (Å²) in [7, 11) is -3.08. The van der Waals surface area contributed by atoms with Gasteiger partial charge in [0.2, 0.25) is 10.0 Å². The lowest BCUT2D eigenvalue weighted by molar-refractivity contribution is 0.586. The molecule has 0 heterocycles. The smallest absolute Gasteiger partial charge is 0.209 e. The second-order valence-corrected chi connectivity index (χ2v) is 4.29. The molecule has 0 atom stereocenters. The van der Waals surface area contributed by atoms with E-state index in [-0.39, 0.29) is 6.04 Å². The van der Waals surface area contributed by atoms with Gasteiger partial charge in [-0.2, -0.15) is 0 Å². The van der Waals surface area contributed by atoms with Crippen LogP contribution < -0.4 is 4.72 Å². The third-order valence-electron chi connectivity index (χ3n) is 1.31. The van der Waals surface area contributed by atoms with E-state index in [9.17, 15) is 8.42 Å². The molecule has 0 spiro atoms. The van der Waals surface area contributed by atoms with Crippen molar-refractivity contribution in [1.29, 1.82) is 0 Å². The molecule has 0 saturated carbocycles. The molecule has 0 amide bonds. The van der Waals surface area contributed by atoms with Crippen LogP contribution in [0.5, 0.6) is 0 Å². The Labute approximate surface area is 66.9 Å². The molecule has 0 aromatic rings. The van der Waals surface area contributed by atoms with Gasteiger partial charge in [-0.25, -0.2) is 13.1 Å². The Bertz CT molecular complexity index is 265. The maximum atomic E-state index is 10.7. The monoisotopic (exact) mass is 173 g/mol. The molecule has 1 rings (SSSR count). The number of allylic oxidation sites excluding steroid dienone is 2. The highest BCUT2D eigenvalue weighted by Crippen LogP contribution is 2.01. The first-order valence-electron chi connectivity index (χ1n) is 3.38. The van der Waals surface area contributed by atoms with Gasteiger partial charge in [0.05, 0.1) is 12.3 Å². The van der Waals surface area contributed by atoms with Gasteiger partial charge >= 0.3 is 0 Å². The van der Waals surface area contributed by atoms with Gasteiger partial charge < -0.3 is 0 Å². The third kappa shape index (κ3) is 3.34. The Balaban J connectivity index is 2.57. The van der Waals surface area contributed by atoms with Gasteiger partial charge in [-0.05, 0) is 6.42 Å². The molecular weight excluding hydrogens is 162 g/mol. The van der Waals surface area contributed by atoms with E-state index in [0.29, 0.717) is 0 Å². The van der Waals surface area contributed by atoms with Gasteiger partial charge in [-0.15, -0.1) is 0 Å². The minimum Gasteiger partial charge on any atom is -0.213 e. The minimum absolute atomic E-state index is 0.154. The first-order valence-corrected chi connectivity index (χ1v) is 5.28. The summed E-state index contributed by atoms with van der Waals surface area (Å²) in [5.41, 5.74) is 0. The summed E-state index contributed by atoms with van der Waals surface area (Å²) in [4.78, 5) is 0. The lowest BCUT2D eigenvalue weighted by atomic mass is 10.1. The molecule has 0 fully saturated rings. The third-order valence-corrected chi connectivity index (χ3v) is 2.01. The van der Waals surface area contributed by atoms with Crippen LogP contribution in [0.15, 0.2) is 24.3 Å². The number of sulfonamides is 1.